The molecule has 0 spiro atoms. The summed E-state index contributed by atoms with van der Waals surface area (Å²) in [5.74, 6) is -0.940. The first-order chi connectivity index (χ1) is 15.8. The van der Waals surface area contributed by atoms with E-state index >= 15 is 0 Å². The van der Waals surface area contributed by atoms with Crippen LogP contribution in [-0.2, 0) is 19.6 Å². The number of para-hydroxylation sites is 1. The zero-order valence-electron chi connectivity index (χ0n) is 17.7. The number of rotatable bonds is 5. The summed E-state index contributed by atoms with van der Waals surface area (Å²) >= 11 is 5.84. The predicted octanol–water partition coefficient (Wildman–Crippen LogP) is 1.70. The lowest BCUT2D eigenvalue weighted by molar-refractivity contribution is -0.132. The number of carbonyl (C=O) groups is 3. The average Bonchev–Trinajstić information content (AvgIpc) is 2.93. The van der Waals surface area contributed by atoms with Crippen LogP contribution in [0.5, 0.6) is 0 Å². The molecule has 0 saturated carbocycles. The SMILES string of the molecule is O=C1N[C@H](CCC(=O)N2CCN(S(=O)(=O)c3ccc(Cl)cc3)CC2)C(=O)Nc2ccccc21. The lowest BCUT2D eigenvalue weighted by atomic mass is 10.1. The van der Waals surface area contributed by atoms with Crippen molar-refractivity contribution < 1.29 is 22.8 Å². The maximum atomic E-state index is 12.8. The minimum atomic E-state index is -3.66. The number of hydrogen-bond donors (Lipinski definition) is 2. The van der Waals surface area contributed by atoms with Gasteiger partial charge in [0, 0.05) is 37.6 Å². The first-order valence-electron chi connectivity index (χ1n) is 10.5. The summed E-state index contributed by atoms with van der Waals surface area (Å²) in [5.41, 5.74) is 0.810. The number of halogens is 1. The van der Waals surface area contributed by atoms with E-state index in [1.54, 1.807) is 29.2 Å². The van der Waals surface area contributed by atoms with Gasteiger partial charge in [0.15, 0.2) is 0 Å². The molecule has 2 aliphatic heterocycles. The molecule has 11 heteroatoms. The van der Waals surface area contributed by atoms with E-state index in [2.05, 4.69) is 10.6 Å². The second-order valence-electron chi connectivity index (χ2n) is 7.84. The smallest absolute Gasteiger partial charge is 0.254 e. The fourth-order valence-corrected chi connectivity index (χ4v) is 5.42. The number of anilines is 1. The third-order valence-electron chi connectivity index (χ3n) is 5.74. The molecule has 2 aromatic rings. The summed E-state index contributed by atoms with van der Waals surface area (Å²) in [4.78, 5) is 39.3. The highest BCUT2D eigenvalue weighted by Gasteiger charge is 2.32. The summed E-state index contributed by atoms with van der Waals surface area (Å²) in [5, 5.41) is 5.84. The quantitative estimate of drug-likeness (QED) is 0.662. The number of nitrogens with zero attached hydrogens (tertiary/aromatic N) is 2. The van der Waals surface area contributed by atoms with E-state index in [9.17, 15) is 22.8 Å². The first-order valence-corrected chi connectivity index (χ1v) is 12.3. The fourth-order valence-electron chi connectivity index (χ4n) is 3.87. The maximum absolute atomic E-state index is 12.8. The van der Waals surface area contributed by atoms with Crippen molar-refractivity contribution in [2.24, 2.45) is 0 Å². The Morgan fingerprint density at radius 3 is 2.36 bits per heavy atom. The monoisotopic (exact) mass is 490 g/mol. The van der Waals surface area contributed by atoms with Crippen LogP contribution in [0.3, 0.4) is 0 Å². The standard InChI is InChI=1S/C22H23ClN4O5S/c23-15-5-7-16(8-6-15)33(31,32)27-13-11-26(12-14-27)20(28)10-9-19-22(30)24-18-4-2-1-3-17(18)21(29)25-19/h1-8,19H,9-14H2,(H,24,30)(H,25,29)/t19-/m1/s1. The van der Waals surface area contributed by atoms with E-state index < -0.39 is 16.1 Å². The van der Waals surface area contributed by atoms with Gasteiger partial charge in [-0.15, -0.1) is 0 Å². The van der Waals surface area contributed by atoms with E-state index in [0.717, 1.165) is 0 Å². The van der Waals surface area contributed by atoms with Crippen molar-refractivity contribution in [2.45, 2.75) is 23.8 Å². The Morgan fingerprint density at radius 2 is 1.67 bits per heavy atom. The normalized spacial score (nSPS) is 19.3. The van der Waals surface area contributed by atoms with E-state index in [0.29, 0.717) is 16.3 Å². The second kappa shape index (κ2) is 9.50. The van der Waals surface area contributed by atoms with Crippen LogP contribution in [0.4, 0.5) is 5.69 Å². The molecule has 0 bridgehead atoms. The third kappa shape index (κ3) is 5.02. The van der Waals surface area contributed by atoms with Crippen molar-refractivity contribution in [2.75, 3.05) is 31.5 Å². The van der Waals surface area contributed by atoms with Crippen LogP contribution < -0.4 is 10.6 Å². The molecule has 2 N–H and O–H groups in total. The predicted molar refractivity (Wildman–Crippen MR) is 122 cm³/mol. The average molecular weight is 491 g/mol. The van der Waals surface area contributed by atoms with Crippen LogP contribution >= 0.6 is 11.6 Å². The molecule has 0 radical (unpaired) electrons. The Balaban J connectivity index is 1.31. The fraction of sp³-hybridized carbons (Fsp3) is 0.318. The van der Waals surface area contributed by atoms with Gasteiger partial charge in [-0.25, -0.2) is 8.42 Å². The highest BCUT2D eigenvalue weighted by molar-refractivity contribution is 7.89. The minimum Gasteiger partial charge on any atom is -0.340 e. The molecule has 0 aromatic heterocycles. The number of fused-ring (bicyclic) bond motifs is 1. The van der Waals surface area contributed by atoms with Crippen LogP contribution in [0.25, 0.3) is 0 Å². The minimum absolute atomic E-state index is 0.0542. The van der Waals surface area contributed by atoms with Gasteiger partial charge in [0.25, 0.3) is 5.91 Å². The molecule has 0 unspecified atom stereocenters. The largest absolute Gasteiger partial charge is 0.340 e. The number of carbonyl (C=O) groups excluding carboxylic acids is 3. The summed E-state index contributed by atoms with van der Waals surface area (Å²) < 4.78 is 26.9. The lowest BCUT2D eigenvalue weighted by Gasteiger charge is -2.34. The number of nitrogens with one attached hydrogen (secondary N) is 2. The number of benzene rings is 2. The van der Waals surface area contributed by atoms with Gasteiger partial charge in [-0.3, -0.25) is 14.4 Å². The molecule has 2 heterocycles. The van der Waals surface area contributed by atoms with Crippen LogP contribution in [-0.4, -0.2) is 67.6 Å². The van der Waals surface area contributed by atoms with Gasteiger partial charge < -0.3 is 15.5 Å². The molecule has 3 amide bonds. The number of amides is 3. The Kier molecular flexibility index (Phi) is 6.68. The van der Waals surface area contributed by atoms with Crippen molar-refractivity contribution in [3.05, 3.63) is 59.1 Å². The van der Waals surface area contributed by atoms with Crippen LogP contribution in [0.2, 0.25) is 5.02 Å². The van der Waals surface area contributed by atoms with Crippen molar-refractivity contribution in [3.63, 3.8) is 0 Å². The molecule has 33 heavy (non-hydrogen) atoms. The second-order valence-corrected chi connectivity index (χ2v) is 10.2. The Bertz CT molecular complexity index is 1180. The van der Waals surface area contributed by atoms with Crippen LogP contribution in [0.1, 0.15) is 23.2 Å². The first kappa shape index (κ1) is 23.2. The molecule has 1 fully saturated rings. The van der Waals surface area contributed by atoms with E-state index in [1.807, 2.05) is 0 Å². The number of sulfonamides is 1. The zero-order chi connectivity index (χ0) is 23.6. The molecule has 0 aliphatic carbocycles. The highest BCUT2D eigenvalue weighted by Crippen LogP contribution is 2.21. The van der Waals surface area contributed by atoms with Crippen molar-refractivity contribution in [1.82, 2.24) is 14.5 Å². The molecular weight excluding hydrogens is 468 g/mol. The molecule has 9 nitrogen and oxygen atoms in total. The third-order valence-corrected chi connectivity index (χ3v) is 7.91. The van der Waals surface area contributed by atoms with Gasteiger partial charge in [0.05, 0.1) is 16.1 Å². The van der Waals surface area contributed by atoms with E-state index in [4.69, 9.17) is 11.6 Å². The Hall–Kier alpha value is -2.95. The molecule has 174 valence electrons. The van der Waals surface area contributed by atoms with Crippen LogP contribution in [0, 0.1) is 0 Å². The summed E-state index contributed by atoms with van der Waals surface area (Å²) in [6.45, 7) is 0.847. The highest BCUT2D eigenvalue weighted by atomic mass is 35.5. The van der Waals surface area contributed by atoms with Gasteiger partial charge in [-0.05, 0) is 42.8 Å². The van der Waals surface area contributed by atoms with Gasteiger partial charge in [0.1, 0.15) is 6.04 Å². The Morgan fingerprint density at radius 1 is 1.00 bits per heavy atom. The Labute approximate surface area is 196 Å². The molecule has 1 atom stereocenters. The topological polar surface area (TPSA) is 116 Å². The van der Waals surface area contributed by atoms with Gasteiger partial charge in [-0.2, -0.15) is 4.31 Å². The van der Waals surface area contributed by atoms with E-state index in [1.165, 1.54) is 28.6 Å². The van der Waals surface area contributed by atoms with Gasteiger partial charge >= 0.3 is 0 Å². The lowest BCUT2D eigenvalue weighted by Crippen LogP contribution is -2.51. The number of piperazine rings is 1. The summed E-state index contributed by atoms with van der Waals surface area (Å²) in [7, 11) is -3.66. The maximum Gasteiger partial charge on any atom is 0.254 e. The van der Waals surface area contributed by atoms with Gasteiger partial charge in [0.2, 0.25) is 21.8 Å². The van der Waals surface area contributed by atoms with Crippen LogP contribution in [0.15, 0.2) is 53.4 Å². The summed E-state index contributed by atoms with van der Waals surface area (Å²) in [6.07, 6.45) is 0.201. The van der Waals surface area contributed by atoms with Crippen molar-refractivity contribution in [1.29, 1.82) is 0 Å². The summed E-state index contributed by atoms with van der Waals surface area (Å²) in [6, 6.07) is 11.8. The van der Waals surface area contributed by atoms with Gasteiger partial charge in [-0.1, -0.05) is 23.7 Å². The molecule has 1 saturated heterocycles. The van der Waals surface area contributed by atoms with Crippen molar-refractivity contribution in [3.8, 4) is 0 Å². The molecule has 2 aliphatic rings. The molecule has 4 rings (SSSR count). The molecule has 2 aromatic carbocycles. The van der Waals surface area contributed by atoms with E-state index in [-0.39, 0.29) is 61.6 Å². The van der Waals surface area contributed by atoms with Crippen molar-refractivity contribution >= 4 is 45.0 Å². The zero-order valence-corrected chi connectivity index (χ0v) is 19.2. The molecular formula is C22H23ClN4O5S. The number of hydrogen-bond acceptors (Lipinski definition) is 5.